The molecule has 29 heavy (non-hydrogen) atoms. The molecule has 0 N–H and O–H groups in total. The van der Waals surface area contributed by atoms with Crippen molar-refractivity contribution in [2.24, 2.45) is 17.3 Å². The minimum Gasteiger partial charge on any atom is -0.490 e. The Morgan fingerprint density at radius 3 is 2.62 bits per heavy atom. The van der Waals surface area contributed by atoms with E-state index in [1.165, 1.54) is 11.6 Å². The molecule has 6 rings (SSSR count). The SMILES string of the molecule is CC1(C)C2CC1[C@@](C)(c1ccc(OC[C@@H]3Cn4ccc(=O)nc4O3)cc1)CC2=O. The van der Waals surface area contributed by atoms with Crippen molar-refractivity contribution in [3.63, 3.8) is 0 Å². The zero-order valence-electron chi connectivity index (χ0n) is 17.1. The number of Topliss-reactive ketones (excluding diaryl/α,β-unsaturated/α-hetero) is 1. The summed E-state index contributed by atoms with van der Waals surface area (Å²) >= 11 is 0. The molecular weight excluding hydrogens is 368 g/mol. The van der Waals surface area contributed by atoms with Crippen molar-refractivity contribution in [3.05, 3.63) is 52.4 Å². The lowest BCUT2D eigenvalue weighted by atomic mass is 9.39. The van der Waals surface area contributed by atoms with E-state index in [0.29, 0.717) is 37.3 Å². The fourth-order valence-corrected chi connectivity index (χ4v) is 5.72. The van der Waals surface area contributed by atoms with Crippen molar-refractivity contribution in [1.82, 2.24) is 9.55 Å². The summed E-state index contributed by atoms with van der Waals surface area (Å²) < 4.78 is 13.4. The number of carbonyl (C=O) groups is 1. The highest BCUT2D eigenvalue weighted by molar-refractivity contribution is 5.86. The summed E-state index contributed by atoms with van der Waals surface area (Å²) in [5.74, 6) is 1.95. The first-order valence-corrected chi connectivity index (χ1v) is 10.3. The summed E-state index contributed by atoms with van der Waals surface area (Å²) in [6.45, 7) is 7.70. The van der Waals surface area contributed by atoms with E-state index in [-0.39, 0.29) is 28.4 Å². The molecule has 2 unspecified atom stereocenters. The summed E-state index contributed by atoms with van der Waals surface area (Å²) in [5, 5.41) is 0. The third kappa shape index (κ3) is 2.80. The first kappa shape index (κ1) is 18.4. The number of ether oxygens (including phenoxy) is 2. The summed E-state index contributed by atoms with van der Waals surface area (Å²) in [6.07, 6.45) is 3.16. The average Bonchev–Trinajstić information content (AvgIpc) is 3.07. The Hall–Kier alpha value is -2.63. The highest BCUT2D eigenvalue weighted by Gasteiger charge is 2.63. The minimum absolute atomic E-state index is 0.0870. The second-order valence-corrected chi connectivity index (χ2v) is 9.50. The smallest absolute Gasteiger partial charge is 0.300 e. The monoisotopic (exact) mass is 394 g/mol. The highest BCUT2D eigenvalue weighted by Crippen LogP contribution is 2.64. The Kier molecular flexibility index (Phi) is 3.92. The van der Waals surface area contributed by atoms with Crippen LogP contribution in [0.2, 0.25) is 0 Å². The summed E-state index contributed by atoms with van der Waals surface area (Å²) in [4.78, 5) is 27.8. The lowest BCUT2D eigenvalue weighted by molar-refractivity contribution is -0.161. The van der Waals surface area contributed by atoms with Gasteiger partial charge in [-0.15, -0.1) is 0 Å². The van der Waals surface area contributed by atoms with Crippen molar-refractivity contribution in [3.8, 4) is 11.8 Å². The molecule has 0 spiro atoms. The van der Waals surface area contributed by atoms with Crippen molar-refractivity contribution < 1.29 is 14.3 Å². The van der Waals surface area contributed by atoms with Gasteiger partial charge in [0.05, 0.1) is 6.54 Å². The van der Waals surface area contributed by atoms with Gasteiger partial charge in [0.1, 0.15) is 18.1 Å². The Bertz CT molecular complexity index is 1030. The molecular formula is C23H26N2O4. The number of benzene rings is 1. The molecule has 2 aromatic rings. The van der Waals surface area contributed by atoms with E-state index in [1.807, 2.05) is 16.7 Å². The van der Waals surface area contributed by atoms with Gasteiger partial charge in [-0.1, -0.05) is 32.9 Å². The number of nitrogens with zero attached hydrogens (tertiary/aromatic N) is 2. The molecule has 3 aliphatic carbocycles. The van der Waals surface area contributed by atoms with Gasteiger partial charge in [-0.05, 0) is 35.4 Å². The Balaban J connectivity index is 1.26. The van der Waals surface area contributed by atoms with Crippen LogP contribution in [0, 0.1) is 17.3 Å². The predicted octanol–water partition coefficient (Wildman–Crippen LogP) is 2.98. The second-order valence-electron chi connectivity index (χ2n) is 9.50. The van der Waals surface area contributed by atoms with E-state index >= 15 is 0 Å². The van der Waals surface area contributed by atoms with Crippen molar-refractivity contribution in [2.75, 3.05) is 6.61 Å². The molecule has 2 heterocycles. The maximum atomic E-state index is 12.6. The molecule has 3 saturated carbocycles. The average molecular weight is 394 g/mol. The zero-order chi connectivity index (χ0) is 20.4. The molecule has 6 nitrogen and oxygen atoms in total. The number of rotatable bonds is 4. The maximum Gasteiger partial charge on any atom is 0.300 e. The zero-order valence-corrected chi connectivity index (χ0v) is 17.1. The molecule has 6 heteroatoms. The van der Waals surface area contributed by atoms with Gasteiger partial charge in [0.2, 0.25) is 0 Å². The van der Waals surface area contributed by atoms with Crippen LogP contribution in [0.3, 0.4) is 0 Å². The molecule has 1 aliphatic heterocycles. The third-order valence-corrected chi connectivity index (χ3v) is 7.44. The van der Waals surface area contributed by atoms with Gasteiger partial charge < -0.3 is 9.47 Å². The topological polar surface area (TPSA) is 70.4 Å². The van der Waals surface area contributed by atoms with Gasteiger partial charge in [-0.2, -0.15) is 4.98 Å². The van der Waals surface area contributed by atoms with Crippen LogP contribution in [-0.4, -0.2) is 28.0 Å². The third-order valence-electron chi connectivity index (χ3n) is 7.44. The minimum atomic E-state index is -0.302. The van der Waals surface area contributed by atoms with Crippen LogP contribution in [0.5, 0.6) is 11.8 Å². The van der Waals surface area contributed by atoms with Crippen LogP contribution in [0.1, 0.15) is 39.2 Å². The number of aromatic nitrogens is 2. The van der Waals surface area contributed by atoms with Gasteiger partial charge >= 0.3 is 0 Å². The van der Waals surface area contributed by atoms with E-state index in [0.717, 1.165) is 12.2 Å². The summed E-state index contributed by atoms with van der Waals surface area (Å²) in [7, 11) is 0. The lowest BCUT2D eigenvalue weighted by Crippen LogP contribution is -2.62. The first-order chi connectivity index (χ1) is 13.8. The normalized spacial score (nSPS) is 31.6. The Labute approximate surface area is 169 Å². The van der Waals surface area contributed by atoms with Gasteiger partial charge in [0.25, 0.3) is 11.6 Å². The van der Waals surface area contributed by atoms with Crippen LogP contribution in [0.25, 0.3) is 0 Å². The molecule has 0 radical (unpaired) electrons. The molecule has 4 aliphatic rings. The molecule has 2 bridgehead atoms. The van der Waals surface area contributed by atoms with E-state index in [4.69, 9.17) is 9.47 Å². The molecule has 0 saturated heterocycles. The Morgan fingerprint density at radius 2 is 1.93 bits per heavy atom. The van der Waals surface area contributed by atoms with E-state index in [9.17, 15) is 9.59 Å². The molecule has 4 atom stereocenters. The number of carbonyl (C=O) groups excluding carboxylic acids is 1. The van der Waals surface area contributed by atoms with Crippen molar-refractivity contribution >= 4 is 5.78 Å². The van der Waals surface area contributed by atoms with E-state index in [2.05, 4.69) is 37.9 Å². The second kappa shape index (κ2) is 6.18. The predicted molar refractivity (Wildman–Crippen MR) is 107 cm³/mol. The quantitative estimate of drug-likeness (QED) is 0.797. The van der Waals surface area contributed by atoms with Crippen molar-refractivity contribution in [2.45, 2.75) is 51.7 Å². The number of fused-ring (bicyclic) bond motifs is 3. The fraction of sp³-hybridized carbons (Fsp3) is 0.522. The number of hydrogen-bond acceptors (Lipinski definition) is 5. The van der Waals surface area contributed by atoms with Crippen LogP contribution < -0.4 is 15.0 Å². The van der Waals surface area contributed by atoms with Crippen LogP contribution in [0.4, 0.5) is 0 Å². The van der Waals surface area contributed by atoms with E-state index in [1.54, 1.807) is 6.20 Å². The number of ketones is 1. The molecule has 1 aromatic heterocycles. The number of hydrogen-bond donors (Lipinski definition) is 0. The van der Waals surface area contributed by atoms with E-state index < -0.39 is 0 Å². The molecule has 1 aromatic carbocycles. The van der Waals surface area contributed by atoms with Gasteiger partial charge in [-0.25, -0.2) is 0 Å². The van der Waals surface area contributed by atoms with Gasteiger partial charge in [0, 0.05) is 30.0 Å². The van der Waals surface area contributed by atoms with Gasteiger partial charge in [0.15, 0.2) is 6.10 Å². The highest BCUT2D eigenvalue weighted by atomic mass is 16.6. The molecule has 152 valence electrons. The fourth-order valence-electron chi connectivity index (χ4n) is 5.72. The summed E-state index contributed by atoms with van der Waals surface area (Å²) in [6, 6.07) is 9.93. The standard InChI is InChI=1S/C23H26N2O4/c1-22(2)17-10-19(22)23(3,11-18(17)26)14-4-6-15(7-5-14)28-13-16-12-25-9-8-20(27)24-21(25)29-16/h4-9,16-17,19H,10-13H2,1-3H3/t16-,17?,19?,23+/m0/s1. The van der Waals surface area contributed by atoms with Gasteiger partial charge in [-0.3, -0.25) is 14.2 Å². The van der Waals surface area contributed by atoms with Crippen LogP contribution in [0.15, 0.2) is 41.3 Å². The van der Waals surface area contributed by atoms with Crippen LogP contribution >= 0.6 is 0 Å². The summed E-state index contributed by atoms with van der Waals surface area (Å²) in [5.41, 5.74) is 0.886. The first-order valence-electron chi connectivity index (χ1n) is 10.3. The maximum absolute atomic E-state index is 12.6. The molecule has 3 fully saturated rings. The van der Waals surface area contributed by atoms with Crippen molar-refractivity contribution in [1.29, 1.82) is 0 Å². The largest absolute Gasteiger partial charge is 0.490 e. The lowest BCUT2D eigenvalue weighted by Gasteiger charge is -2.63. The Morgan fingerprint density at radius 1 is 1.17 bits per heavy atom. The van der Waals surface area contributed by atoms with Crippen LogP contribution in [-0.2, 0) is 16.8 Å². The molecule has 0 amide bonds.